The molecule has 0 saturated carbocycles. The van der Waals surface area contributed by atoms with Crippen molar-refractivity contribution >= 4 is 17.8 Å². The van der Waals surface area contributed by atoms with Gasteiger partial charge in [-0.2, -0.15) is 5.10 Å². The summed E-state index contributed by atoms with van der Waals surface area (Å²) >= 11 is 0. The summed E-state index contributed by atoms with van der Waals surface area (Å²) in [5.74, 6) is -0.462. The van der Waals surface area contributed by atoms with Crippen LogP contribution in [0.1, 0.15) is 42.2 Å². The van der Waals surface area contributed by atoms with Crippen LogP contribution in [-0.2, 0) is 4.79 Å². The monoisotopic (exact) mass is 328 g/mol. The molecule has 126 valence electrons. The molecule has 0 atom stereocenters. The van der Waals surface area contributed by atoms with Crippen molar-refractivity contribution in [2.24, 2.45) is 0 Å². The van der Waals surface area contributed by atoms with Crippen molar-refractivity contribution in [3.8, 4) is 5.75 Å². The highest BCUT2D eigenvalue weighted by Gasteiger charge is 2.07. The molecular weight excluding hydrogens is 308 g/mol. The molecule has 1 N–H and O–H groups in total. The number of benzene rings is 1. The van der Waals surface area contributed by atoms with E-state index in [9.17, 15) is 9.59 Å². The third-order valence-electron chi connectivity index (χ3n) is 3.29. The van der Waals surface area contributed by atoms with E-state index in [0.29, 0.717) is 11.3 Å². The molecule has 24 heavy (non-hydrogen) atoms. The first-order valence-electron chi connectivity index (χ1n) is 7.67. The first-order chi connectivity index (χ1) is 11.5. The van der Waals surface area contributed by atoms with E-state index in [1.807, 2.05) is 19.9 Å². The number of hydrogen-bond acceptors (Lipinski definition) is 4. The fourth-order valence-electron chi connectivity index (χ4n) is 1.98. The minimum atomic E-state index is -0.904. The van der Waals surface area contributed by atoms with E-state index in [4.69, 9.17) is 9.84 Å². The maximum Gasteiger partial charge on any atom is 0.306 e. The molecule has 0 spiro atoms. The maximum atomic E-state index is 12.1. The van der Waals surface area contributed by atoms with Gasteiger partial charge in [0.05, 0.1) is 24.8 Å². The van der Waals surface area contributed by atoms with E-state index < -0.39 is 5.97 Å². The number of aliphatic carboxylic acids is 1. The van der Waals surface area contributed by atoms with Crippen LogP contribution >= 0.6 is 0 Å². The molecule has 2 aromatic rings. The highest BCUT2D eigenvalue weighted by molar-refractivity contribution is 6.06. The summed E-state index contributed by atoms with van der Waals surface area (Å²) in [4.78, 5) is 22.6. The van der Waals surface area contributed by atoms with Gasteiger partial charge < -0.3 is 9.84 Å². The van der Waals surface area contributed by atoms with Crippen molar-refractivity contribution in [1.29, 1.82) is 0 Å². The molecule has 0 bridgehead atoms. The van der Waals surface area contributed by atoms with Gasteiger partial charge in [0.1, 0.15) is 5.75 Å². The number of hydrogen-bond donors (Lipinski definition) is 1. The maximum absolute atomic E-state index is 12.1. The van der Waals surface area contributed by atoms with Crippen LogP contribution in [-0.4, -0.2) is 33.2 Å². The quantitative estimate of drug-likeness (QED) is 0.594. The van der Waals surface area contributed by atoms with Gasteiger partial charge in [0.15, 0.2) is 5.78 Å². The Morgan fingerprint density at radius 2 is 2.17 bits per heavy atom. The Morgan fingerprint density at radius 3 is 2.83 bits per heavy atom. The Hall–Kier alpha value is -2.89. The zero-order chi connectivity index (χ0) is 17.5. The molecule has 0 unspecified atom stereocenters. The molecule has 0 fully saturated rings. The summed E-state index contributed by atoms with van der Waals surface area (Å²) in [7, 11) is 0. The minimum absolute atomic E-state index is 0.0571. The average molecular weight is 328 g/mol. The summed E-state index contributed by atoms with van der Waals surface area (Å²) in [6.45, 7) is 4.09. The Morgan fingerprint density at radius 1 is 1.38 bits per heavy atom. The van der Waals surface area contributed by atoms with Crippen LogP contribution in [0.3, 0.4) is 0 Å². The van der Waals surface area contributed by atoms with Crippen LogP contribution in [0.25, 0.3) is 6.08 Å². The zero-order valence-corrected chi connectivity index (χ0v) is 13.7. The van der Waals surface area contributed by atoms with E-state index in [1.165, 1.54) is 6.08 Å². The van der Waals surface area contributed by atoms with Crippen LogP contribution in [0, 0.1) is 0 Å². The van der Waals surface area contributed by atoms with E-state index in [-0.39, 0.29) is 24.9 Å². The highest BCUT2D eigenvalue weighted by Crippen LogP contribution is 2.15. The van der Waals surface area contributed by atoms with Crippen LogP contribution < -0.4 is 4.74 Å². The van der Waals surface area contributed by atoms with E-state index in [2.05, 4.69) is 5.10 Å². The lowest BCUT2D eigenvalue weighted by Crippen LogP contribution is -2.04. The van der Waals surface area contributed by atoms with Crippen molar-refractivity contribution in [3.63, 3.8) is 0 Å². The highest BCUT2D eigenvalue weighted by atomic mass is 16.5. The fraction of sp³-hybridized carbons (Fsp3) is 0.278. The van der Waals surface area contributed by atoms with E-state index >= 15 is 0 Å². The molecule has 0 radical (unpaired) electrons. The lowest BCUT2D eigenvalue weighted by molar-refractivity contribution is -0.137. The van der Waals surface area contributed by atoms with Gasteiger partial charge in [0.2, 0.25) is 0 Å². The molecular formula is C18H20N2O4. The zero-order valence-electron chi connectivity index (χ0n) is 13.7. The third kappa shape index (κ3) is 5.08. The smallest absolute Gasteiger partial charge is 0.306 e. The topological polar surface area (TPSA) is 81.4 Å². The van der Waals surface area contributed by atoms with Crippen molar-refractivity contribution < 1.29 is 19.4 Å². The van der Waals surface area contributed by atoms with Gasteiger partial charge >= 0.3 is 5.97 Å². The number of rotatable bonds is 8. The number of carboxylic acid groups (broad SMARTS) is 1. The molecule has 0 aliphatic heterocycles. The normalized spacial score (nSPS) is 11.1. The van der Waals surface area contributed by atoms with Crippen LogP contribution in [0.15, 0.2) is 42.7 Å². The second-order valence-corrected chi connectivity index (χ2v) is 5.57. The SMILES string of the molecule is CC(C)n1cc(C(=O)/C=C\c2cccc(OCCC(=O)O)c2)cn1. The van der Waals surface area contributed by atoms with Crippen molar-refractivity contribution in [1.82, 2.24) is 9.78 Å². The first kappa shape index (κ1) is 17.5. The molecule has 1 aromatic heterocycles. The third-order valence-corrected chi connectivity index (χ3v) is 3.29. The van der Waals surface area contributed by atoms with Crippen molar-refractivity contribution in [2.45, 2.75) is 26.3 Å². The summed E-state index contributed by atoms with van der Waals surface area (Å²) in [5, 5.41) is 12.7. The Kier molecular flexibility index (Phi) is 5.89. The number of carboxylic acids is 1. The Bertz CT molecular complexity index is 747. The molecule has 2 rings (SSSR count). The Labute approximate surface area is 140 Å². The average Bonchev–Trinajstić information content (AvgIpc) is 3.03. The summed E-state index contributed by atoms with van der Waals surface area (Å²) in [6.07, 6.45) is 6.40. The molecule has 0 aliphatic carbocycles. The van der Waals surface area contributed by atoms with Gasteiger partial charge in [-0.1, -0.05) is 18.2 Å². The number of ketones is 1. The number of carbonyl (C=O) groups is 2. The minimum Gasteiger partial charge on any atom is -0.493 e. The number of allylic oxidation sites excluding steroid dienone is 1. The van der Waals surface area contributed by atoms with Crippen LogP contribution in [0.2, 0.25) is 0 Å². The lowest BCUT2D eigenvalue weighted by atomic mass is 10.1. The second-order valence-electron chi connectivity index (χ2n) is 5.57. The van der Waals surface area contributed by atoms with Gasteiger partial charge in [-0.3, -0.25) is 14.3 Å². The first-order valence-corrected chi connectivity index (χ1v) is 7.67. The molecule has 1 heterocycles. The lowest BCUT2D eigenvalue weighted by Gasteiger charge is -2.05. The largest absolute Gasteiger partial charge is 0.493 e. The molecule has 0 amide bonds. The number of ether oxygens (including phenoxy) is 1. The summed E-state index contributed by atoms with van der Waals surface area (Å²) < 4.78 is 7.10. The van der Waals surface area contributed by atoms with Gasteiger partial charge in [0, 0.05) is 12.2 Å². The number of carbonyl (C=O) groups excluding carboxylic acids is 1. The molecule has 6 heteroatoms. The second kappa shape index (κ2) is 8.10. The number of aromatic nitrogens is 2. The van der Waals surface area contributed by atoms with Gasteiger partial charge in [-0.15, -0.1) is 0 Å². The fourth-order valence-corrected chi connectivity index (χ4v) is 1.98. The van der Waals surface area contributed by atoms with Crippen LogP contribution in [0.5, 0.6) is 5.75 Å². The van der Waals surface area contributed by atoms with Crippen molar-refractivity contribution in [2.75, 3.05) is 6.61 Å². The standard InChI is InChI=1S/C18H20N2O4/c1-13(2)20-12-15(11-19-20)17(21)7-6-14-4-3-5-16(10-14)24-9-8-18(22)23/h3-7,10-13H,8-9H2,1-2H3,(H,22,23)/b7-6-. The number of nitrogens with zero attached hydrogens (tertiary/aromatic N) is 2. The van der Waals surface area contributed by atoms with E-state index in [0.717, 1.165) is 5.56 Å². The van der Waals surface area contributed by atoms with Crippen LogP contribution in [0.4, 0.5) is 0 Å². The van der Waals surface area contributed by atoms with Crippen molar-refractivity contribution in [3.05, 3.63) is 53.9 Å². The molecule has 0 aliphatic rings. The molecule has 0 saturated heterocycles. The molecule has 1 aromatic carbocycles. The molecule has 6 nitrogen and oxygen atoms in total. The summed E-state index contributed by atoms with van der Waals surface area (Å²) in [5.41, 5.74) is 1.33. The summed E-state index contributed by atoms with van der Waals surface area (Å²) in [6, 6.07) is 7.33. The van der Waals surface area contributed by atoms with Gasteiger partial charge in [-0.25, -0.2) is 0 Å². The predicted molar refractivity (Wildman–Crippen MR) is 90.2 cm³/mol. The Balaban J connectivity index is 2.00. The van der Waals surface area contributed by atoms with Gasteiger partial charge in [-0.05, 0) is 37.6 Å². The van der Waals surface area contributed by atoms with Gasteiger partial charge in [0.25, 0.3) is 0 Å². The van der Waals surface area contributed by atoms with E-state index in [1.54, 1.807) is 41.4 Å². The predicted octanol–water partition coefficient (Wildman–Crippen LogP) is 3.21.